The van der Waals surface area contributed by atoms with Gasteiger partial charge in [0.05, 0.1) is 10.7 Å². The average molecular weight is 427 g/mol. The molecule has 4 N–H and O–H groups in total. The second kappa shape index (κ2) is 11.0. The van der Waals surface area contributed by atoms with Crippen LogP contribution in [-0.2, 0) is 9.59 Å². The molecule has 1 aromatic rings. The number of hydroxylamine groups is 1. The fourth-order valence-electron chi connectivity index (χ4n) is 2.57. The first-order valence-corrected chi connectivity index (χ1v) is 9.87. The maximum Gasteiger partial charge on any atom is 0.319 e. The Morgan fingerprint density at radius 1 is 1.17 bits per heavy atom. The Kier molecular flexibility index (Phi) is 9.39. The monoisotopic (exact) mass is 426 g/mol. The van der Waals surface area contributed by atoms with Crippen LogP contribution in [0.4, 0.5) is 10.5 Å². The quantitative estimate of drug-likeness (QED) is 0.377. The van der Waals surface area contributed by atoms with Crippen molar-refractivity contribution < 1.29 is 19.6 Å². The fraction of sp³-hybridized carbons (Fsp3) is 0.550. The molecule has 162 valence electrons. The highest BCUT2D eigenvalue weighted by Gasteiger charge is 2.36. The molecule has 0 fully saturated rings. The van der Waals surface area contributed by atoms with E-state index in [2.05, 4.69) is 10.6 Å². The van der Waals surface area contributed by atoms with Crippen LogP contribution in [0.2, 0.25) is 5.02 Å². The van der Waals surface area contributed by atoms with Crippen LogP contribution in [0.5, 0.6) is 0 Å². The highest BCUT2D eigenvalue weighted by atomic mass is 35.5. The number of hydrogen-bond acceptors (Lipinski definition) is 4. The molecule has 0 aliphatic carbocycles. The molecule has 1 atom stereocenters. The van der Waals surface area contributed by atoms with E-state index in [0.29, 0.717) is 29.6 Å². The van der Waals surface area contributed by atoms with Gasteiger partial charge in [-0.3, -0.25) is 14.8 Å². The Labute approximate surface area is 176 Å². The molecule has 1 aromatic carbocycles. The van der Waals surface area contributed by atoms with Crippen molar-refractivity contribution in [3.63, 3.8) is 0 Å². The number of carbonyl (C=O) groups is 3. The Balaban J connectivity index is 3.00. The summed E-state index contributed by atoms with van der Waals surface area (Å²) in [5, 5.41) is 14.6. The molecular weight excluding hydrogens is 396 g/mol. The van der Waals surface area contributed by atoms with Crippen LogP contribution >= 0.6 is 11.6 Å². The van der Waals surface area contributed by atoms with Crippen LogP contribution in [0.3, 0.4) is 0 Å². The maximum absolute atomic E-state index is 13.2. The van der Waals surface area contributed by atoms with Gasteiger partial charge in [-0.15, -0.1) is 0 Å². The van der Waals surface area contributed by atoms with Crippen molar-refractivity contribution in [1.29, 1.82) is 0 Å². The summed E-state index contributed by atoms with van der Waals surface area (Å²) < 4.78 is 0. The first kappa shape index (κ1) is 24.7. The molecule has 0 unspecified atom stereocenters. The Morgan fingerprint density at radius 3 is 2.31 bits per heavy atom. The third-order valence-electron chi connectivity index (χ3n) is 4.26. The van der Waals surface area contributed by atoms with E-state index in [1.54, 1.807) is 29.7 Å². The van der Waals surface area contributed by atoms with E-state index in [4.69, 9.17) is 16.8 Å². The lowest BCUT2D eigenvalue weighted by molar-refractivity contribution is -0.142. The van der Waals surface area contributed by atoms with Crippen molar-refractivity contribution in [2.75, 3.05) is 18.4 Å². The van der Waals surface area contributed by atoms with Crippen LogP contribution in [0.15, 0.2) is 24.3 Å². The Hall–Kier alpha value is -2.32. The minimum absolute atomic E-state index is 0.303. The molecule has 8 nitrogen and oxygen atoms in total. The summed E-state index contributed by atoms with van der Waals surface area (Å²) in [6, 6.07) is 5.28. The molecular formula is C20H31ClN4O4. The van der Waals surface area contributed by atoms with Gasteiger partial charge in [0.15, 0.2) is 0 Å². The van der Waals surface area contributed by atoms with Crippen molar-refractivity contribution in [3.8, 4) is 0 Å². The number of nitrogens with one attached hydrogen (secondary N) is 3. The highest BCUT2D eigenvalue weighted by molar-refractivity contribution is 6.33. The third kappa shape index (κ3) is 8.29. The molecule has 0 spiro atoms. The molecule has 0 aliphatic heterocycles. The summed E-state index contributed by atoms with van der Waals surface area (Å²) in [5.74, 6) is -0.793. The number of benzene rings is 1. The van der Waals surface area contributed by atoms with E-state index < -0.39 is 29.3 Å². The van der Waals surface area contributed by atoms with Crippen LogP contribution in [-0.4, -0.2) is 47.1 Å². The number of urea groups is 1. The van der Waals surface area contributed by atoms with Crippen molar-refractivity contribution in [1.82, 2.24) is 15.7 Å². The summed E-state index contributed by atoms with van der Waals surface area (Å²) in [5.41, 5.74) is 1.34. The lowest BCUT2D eigenvalue weighted by Crippen LogP contribution is -2.57. The second-order valence-electron chi connectivity index (χ2n) is 8.35. The molecule has 4 amide bonds. The van der Waals surface area contributed by atoms with E-state index in [1.807, 2.05) is 34.6 Å². The van der Waals surface area contributed by atoms with Gasteiger partial charge in [-0.1, -0.05) is 58.4 Å². The van der Waals surface area contributed by atoms with E-state index in [0.717, 1.165) is 0 Å². The van der Waals surface area contributed by atoms with Crippen LogP contribution in [0, 0.1) is 11.3 Å². The summed E-state index contributed by atoms with van der Waals surface area (Å²) in [6.07, 6.45) is 0.674. The number of amides is 4. The number of hydrogen-bond donors (Lipinski definition) is 4. The number of rotatable bonds is 8. The van der Waals surface area contributed by atoms with Gasteiger partial charge in [0, 0.05) is 6.54 Å². The molecule has 9 heteroatoms. The van der Waals surface area contributed by atoms with E-state index in [-0.39, 0.29) is 6.54 Å². The first-order chi connectivity index (χ1) is 13.5. The molecule has 0 saturated heterocycles. The number of anilines is 1. The largest absolute Gasteiger partial charge is 0.331 e. The van der Waals surface area contributed by atoms with Gasteiger partial charge in [0.25, 0.3) is 5.91 Å². The predicted octanol–water partition coefficient (Wildman–Crippen LogP) is 3.26. The van der Waals surface area contributed by atoms with Gasteiger partial charge < -0.3 is 15.5 Å². The second-order valence-corrected chi connectivity index (χ2v) is 8.76. The number of nitrogens with zero attached hydrogens (tertiary/aromatic N) is 1. The normalized spacial score (nSPS) is 12.3. The SMILES string of the molecule is CC(C)CCN(CC(=O)NO)C(=O)[C@@H](NC(=O)Nc1ccccc1Cl)C(C)(C)C. The first-order valence-electron chi connectivity index (χ1n) is 9.49. The minimum atomic E-state index is -0.899. The minimum Gasteiger partial charge on any atom is -0.331 e. The van der Waals surface area contributed by atoms with Crippen LogP contribution in [0.1, 0.15) is 41.0 Å². The maximum atomic E-state index is 13.2. The highest BCUT2D eigenvalue weighted by Crippen LogP contribution is 2.23. The summed E-state index contributed by atoms with van der Waals surface area (Å²) in [7, 11) is 0. The predicted molar refractivity (Wildman–Crippen MR) is 113 cm³/mol. The Bertz CT molecular complexity index is 719. The fourth-order valence-corrected chi connectivity index (χ4v) is 2.76. The summed E-state index contributed by atoms with van der Waals surface area (Å²) in [6.45, 7) is 9.48. The smallest absolute Gasteiger partial charge is 0.319 e. The van der Waals surface area contributed by atoms with Gasteiger partial charge in [0.1, 0.15) is 12.6 Å². The number of halogens is 1. The van der Waals surface area contributed by atoms with Gasteiger partial charge in [-0.05, 0) is 29.9 Å². The molecule has 0 bridgehead atoms. The van der Waals surface area contributed by atoms with Crippen LogP contribution in [0.25, 0.3) is 0 Å². The number of carbonyl (C=O) groups excluding carboxylic acids is 3. The van der Waals surface area contributed by atoms with Crippen molar-refractivity contribution in [3.05, 3.63) is 29.3 Å². The van der Waals surface area contributed by atoms with Gasteiger partial charge in [-0.25, -0.2) is 10.3 Å². The Morgan fingerprint density at radius 2 is 1.79 bits per heavy atom. The van der Waals surface area contributed by atoms with Crippen molar-refractivity contribution in [2.45, 2.75) is 47.1 Å². The zero-order chi connectivity index (χ0) is 22.2. The molecule has 29 heavy (non-hydrogen) atoms. The van der Waals surface area contributed by atoms with Crippen LogP contribution < -0.4 is 16.1 Å². The zero-order valence-corrected chi connectivity index (χ0v) is 18.3. The standard InChI is InChI=1S/C20H31ClN4O4/c1-13(2)10-11-25(12-16(26)24-29)18(27)17(20(3,4)5)23-19(28)22-15-9-7-6-8-14(15)21/h6-9,13,17,29H,10-12H2,1-5H3,(H,24,26)(H2,22,23,28)/t17-/m1/s1. The lowest BCUT2D eigenvalue weighted by Gasteiger charge is -2.35. The van der Waals surface area contributed by atoms with Gasteiger partial charge in [-0.2, -0.15) is 0 Å². The number of para-hydroxylation sites is 1. The van der Waals surface area contributed by atoms with Crippen molar-refractivity contribution in [2.24, 2.45) is 11.3 Å². The van der Waals surface area contributed by atoms with Gasteiger partial charge >= 0.3 is 6.03 Å². The molecule has 0 radical (unpaired) electrons. The van der Waals surface area contributed by atoms with E-state index in [1.165, 1.54) is 4.90 Å². The summed E-state index contributed by atoms with van der Waals surface area (Å²) >= 11 is 6.07. The van der Waals surface area contributed by atoms with E-state index >= 15 is 0 Å². The third-order valence-corrected chi connectivity index (χ3v) is 4.59. The summed E-state index contributed by atoms with van der Waals surface area (Å²) in [4.78, 5) is 38.7. The molecule has 0 aromatic heterocycles. The molecule has 0 heterocycles. The topological polar surface area (TPSA) is 111 Å². The van der Waals surface area contributed by atoms with E-state index in [9.17, 15) is 14.4 Å². The van der Waals surface area contributed by atoms with Crippen molar-refractivity contribution >= 4 is 35.1 Å². The zero-order valence-electron chi connectivity index (χ0n) is 17.6. The average Bonchev–Trinajstić information content (AvgIpc) is 2.63. The molecule has 1 rings (SSSR count). The molecule has 0 aliphatic rings. The van der Waals surface area contributed by atoms with Gasteiger partial charge in [0.2, 0.25) is 5.91 Å². The lowest BCUT2D eigenvalue weighted by atomic mass is 9.85. The molecule has 0 saturated carbocycles.